The molecule has 0 atom stereocenters. The molecule has 0 spiro atoms. The second-order valence-electron chi connectivity index (χ2n) is 4.79. The van der Waals surface area contributed by atoms with Crippen LogP contribution < -0.4 is 0 Å². The molecule has 1 aliphatic rings. The maximum Gasteiger partial charge on any atom is 0.336 e. The smallest absolute Gasteiger partial charge is 0.336 e. The van der Waals surface area contributed by atoms with Gasteiger partial charge in [0.15, 0.2) is 0 Å². The fourth-order valence-electron chi connectivity index (χ4n) is 1.88. The Bertz CT molecular complexity index is 327. The third-order valence-corrected chi connectivity index (χ3v) is 2.75. The summed E-state index contributed by atoms with van der Waals surface area (Å²) < 4.78 is 10.6. The van der Waals surface area contributed by atoms with Crippen LogP contribution in [0.4, 0.5) is 0 Å². The van der Waals surface area contributed by atoms with Crippen molar-refractivity contribution in [3.05, 3.63) is 23.3 Å². The number of hydrogen-bond donors (Lipinski definition) is 0. The standard InChI is InChI=1S/C15H24O3/c1-4-17-11-14(15(16)18-12(2)3)10-13-8-6-5-7-9-13/h8,10,12H,4-7,9,11H2,1-3H3. The minimum Gasteiger partial charge on any atom is -0.460 e. The highest BCUT2D eigenvalue weighted by Gasteiger charge is 2.14. The lowest BCUT2D eigenvalue weighted by molar-refractivity contribution is -0.143. The van der Waals surface area contributed by atoms with E-state index in [1.54, 1.807) is 0 Å². The molecule has 102 valence electrons. The highest BCUT2D eigenvalue weighted by Crippen LogP contribution is 2.20. The molecule has 0 aromatic carbocycles. The summed E-state index contributed by atoms with van der Waals surface area (Å²) in [6.07, 6.45) is 8.65. The average molecular weight is 252 g/mol. The Morgan fingerprint density at radius 3 is 2.78 bits per heavy atom. The largest absolute Gasteiger partial charge is 0.460 e. The monoisotopic (exact) mass is 252 g/mol. The van der Waals surface area contributed by atoms with Crippen LogP contribution in [0.2, 0.25) is 0 Å². The number of carbonyl (C=O) groups is 1. The molecule has 0 aromatic rings. The molecular weight excluding hydrogens is 228 g/mol. The summed E-state index contributed by atoms with van der Waals surface area (Å²) in [5.74, 6) is -0.259. The zero-order valence-corrected chi connectivity index (χ0v) is 11.7. The van der Waals surface area contributed by atoms with Crippen molar-refractivity contribution in [2.45, 2.75) is 52.6 Å². The second kappa shape index (κ2) is 8.09. The number of carbonyl (C=O) groups excluding carboxylic acids is 1. The van der Waals surface area contributed by atoms with E-state index >= 15 is 0 Å². The van der Waals surface area contributed by atoms with Gasteiger partial charge in [-0.2, -0.15) is 0 Å². The molecule has 0 fully saturated rings. The quantitative estimate of drug-likeness (QED) is 0.537. The fraction of sp³-hybridized carbons (Fsp3) is 0.667. The van der Waals surface area contributed by atoms with Crippen molar-refractivity contribution < 1.29 is 14.3 Å². The molecule has 0 radical (unpaired) electrons. The zero-order chi connectivity index (χ0) is 13.4. The Morgan fingerprint density at radius 2 is 2.22 bits per heavy atom. The zero-order valence-electron chi connectivity index (χ0n) is 11.7. The topological polar surface area (TPSA) is 35.5 Å². The van der Waals surface area contributed by atoms with E-state index in [9.17, 15) is 4.79 Å². The predicted octanol–water partition coefficient (Wildman–Crippen LogP) is 3.40. The number of hydrogen-bond acceptors (Lipinski definition) is 3. The predicted molar refractivity (Wildman–Crippen MR) is 72.4 cm³/mol. The molecule has 0 unspecified atom stereocenters. The first-order valence-corrected chi connectivity index (χ1v) is 6.81. The number of ether oxygens (including phenoxy) is 2. The molecule has 0 bridgehead atoms. The lowest BCUT2D eigenvalue weighted by atomic mass is 9.98. The van der Waals surface area contributed by atoms with Gasteiger partial charge in [0.1, 0.15) is 0 Å². The Kier molecular flexibility index (Phi) is 6.73. The Balaban J connectivity index is 2.72. The molecule has 0 N–H and O–H groups in total. The molecule has 3 heteroatoms. The van der Waals surface area contributed by atoms with Gasteiger partial charge in [-0.25, -0.2) is 4.79 Å². The summed E-state index contributed by atoms with van der Waals surface area (Å²) in [5.41, 5.74) is 1.86. The van der Waals surface area contributed by atoms with E-state index in [-0.39, 0.29) is 12.1 Å². The minimum atomic E-state index is -0.259. The van der Waals surface area contributed by atoms with Gasteiger partial charge >= 0.3 is 5.97 Å². The van der Waals surface area contributed by atoms with E-state index in [0.717, 1.165) is 12.8 Å². The third kappa shape index (κ3) is 5.50. The van der Waals surface area contributed by atoms with Gasteiger partial charge in [0.05, 0.1) is 18.3 Å². The van der Waals surface area contributed by atoms with Crippen molar-refractivity contribution in [2.75, 3.05) is 13.2 Å². The lowest BCUT2D eigenvalue weighted by Crippen LogP contribution is -2.17. The summed E-state index contributed by atoms with van der Waals surface area (Å²) in [5, 5.41) is 0. The van der Waals surface area contributed by atoms with Crippen LogP contribution in [-0.2, 0) is 14.3 Å². The van der Waals surface area contributed by atoms with Crippen molar-refractivity contribution in [1.82, 2.24) is 0 Å². The van der Waals surface area contributed by atoms with Crippen LogP contribution in [0, 0.1) is 0 Å². The highest BCUT2D eigenvalue weighted by atomic mass is 16.5. The molecule has 1 rings (SSSR count). The molecular formula is C15H24O3. The summed E-state index contributed by atoms with van der Waals surface area (Å²) >= 11 is 0. The van der Waals surface area contributed by atoms with E-state index in [1.807, 2.05) is 26.8 Å². The SMILES string of the molecule is CCOCC(=CC1=CCCCC1)C(=O)OC(C)C. The van der Waals surface area contributed by atoms with E-state index < -0.39 is 0 Å². The van der Waals surface area contributed by atoms with Crippen molar-refractivity contribution in [2.24, 2.45) is 0 Å². The van der Waals surface area contributed by atoms with Crippen LogP contribution in [0.3, 0.4) is 0 Å². The van der Waals surface area contributed by atoms with E-state index in [2.05, 4.69) is 6.08 Å². The molecule has 0 aliphatic heterocycles. The van der Waals surface area contributed by atoms with E-state index in [0.29, 0.717) is 18.8 Å². The minimum absolute atomic E-state index is 0.0946. The van der Waals surface area contributed by atoms with Crippen LogP contribution in [0.1, 0.15) is 46.5 Å². The summed E-state index contributed by atoms with van der Waals surface area (Å²) in [6.45, 7) is 6.57. The molecule has 0 saturated carbocycles. The van der Waals surface area contributed by atoms with Crippen molar-refractivity contribution in [3.63, 3.8) is 0 Å². The maximum atomic E-state index is 11.9. The first kappa shape index (κ1) is 15.0. The van der Waals surface area contributed by atoms with Crippen LogP contribution in [-0.4, -0.2) is 25.3 Å². The van der Waals surface area contributed by atoms with Gasteiger partial charge in [-0.15, -0.1) is 0 Å². The van der Waals surface area contributed by atoms with Crippen molar-refractivity contribution >= 4 is 5.97 Å². The van der Waals surface area contributed by atoms with Gasteiger partial charge in [0.2, 0.25) is 0 Å². The summed E-state index contributed by atoms with van der Waals surface area (Å²) in [4.78, 5) is 11.9. The number of rotatable bonds is 6. The summed E-state index contributed by atoms with van der Waals surface area (Å²) in [7, 11) is 0. The summed E-state index contributed by atoms with van der Waals surface area (Å²) in [6, 6.07) is 0. The molecule has 0 heterocycles. The highest BCUT2D eigenvalue weighted by molar-refractivity contribution is 5.89. The average Bonchev–Trinajstić information content (AvgIpc) is 2.34. The second-order valence-corrected chi connectivity index (χ2v) is 4.79. The first-order chi connectivity index (χ1) is 8.63. The molecule has 0 aromatic heterocycles. The lowest BCUT2D eigenvalue weighted by Gasteiger charge is -2.13. The van der Waals surface area contributed by atoms with Crippen LogP contribution in [0.15, 0.2) is 23.3 Å². The van der Waals surface area contributed by atoms with Crippen LogP contribution >= 0.6 is 0 Å². The molecule has 3 nitrogen and oxygen atoms in total. The molecule has 1 aliphatic carbocycles. The molecule has 0 amide bonds. The normalized spacial score (nSPS) is 16.7. The van der Waals surface area contributed by atoms with Gasteiger partial charge in [0, 0.05) is 6.61 Å². The Morgan fingerprint density at radius 1 is 1.44 bits per heavy atom. The first-order valence-electron chi connectivity index (χ1n) is 6.81. The number of esters is 1. The van der Waals surface area contributed by atoms with Crippen molar-refractivity contribution in [1.29, 1.82) is 0 Å². The Labute approximate surface area is 110 Å². The maximum absolute atomic E-state index is 11.9. The van der Waals surface area contributed by atoms with Crippen LogP contribution in [0.5, 0.6) is 0 Å². The van der Waals surface area contributed by atoms with Gasteiger partial charge in [-0.05, 0) is 52.5 Å². The van der Waals surface area contributed by atoms with Gasteiger partial charge in [-0.1, -0.05) is 11.6 Å². The van der Waals surface area contributed by atoms with Gasteiger partial charge in [0.25, 0.3) is 0 Å². The molecule has 18 heavy (non-hydrogen) atoms. The number of allylic oxidation sites excluding steroid dienone is 3. The molecule has 0 saturated heterocycles. The van der Waals surface area contributed by atoms with Gasteiger partial charge in [-0.3, -0.25) is 0 Å². The van der Waals surface area contributed by atoms with Crippen LogP contribution in [0.25, 0.3) is 0 Å². The van der Waals surface area contributed by atoms with E-state index in [4.69, 9.17) is 9.47 Å². The fourth-order valence-corrected chi connectivity index (χ4v) is 1.88. The van der Waals surface area contributed by atoms with Gasteiger partial charge < -0.3 is 9.47 Å². The van der Waals surface area contributed by atoms with Crippen molar-refractivity contribution in [3.8, 4) is 0 Å². The third-order valence-electron chi connectivity index (χ3n) is 2.75. The Hall–Kier alpha value is -1.09. The van der Waals surface area contributed by atoms with E-state index in [1.165, 1.54) is 18.4 Å².